The van der Waals surface area contributed by atoms with Gasteiger partial charge in [-0.1, -0.05) is 54.5 Å². The second-order valence-electron chi connectivity index (χ2n) is 3.42. The van der Waals surface area contributed by atoms with E-state index >= 15 is 0 Å². The van der Waals surface area contributed by atoms with Crippen LogP contribution in [0.4, 0.5) is 0 Å². The van der Waals surface area contributed by atoms with E-state index in [2.05, 4.69) is 5.10 Å². The van der Waals surface area contributed by atoms with Gasteiger partial charge in [-0.3, -0.25) is 0 Å². The van der Waals surface area contributed by atoms with Gasteiger partial charge in [0, 0.05) is 12.6 Å². The van der Waals surface area contributed by atoms with Crippen molar-refractivity contribution in [1.82, 2.24) is 9.53 Å². The van der Waals surface area contributed by atoms with E-state index < -0.39 is 0 Å². The first-order chi connectivity index (χ1) is 7.72. The standard InChI is InChI=1S/C11H13N3S2/c1-13-12-11(9-6-4-3-5-7-9)10(15)8-14(13)16-2/h3-7H,8H2,1-2H3. The highest BCUT2D eigenvalue weighted by molar-refractivity contribution is 7.96. The molecule has 1 heterocycles. The summed E-state index contributed by atoms with van der Waals surface area (Å²) in [6, 6.07) is 10.1. The first-order valence-electron chi connectivity index (χ1n) is 4.95. The molecule has 0 saturated heterocycles. The minimum Gasteiger partial charge on any atom is -0.219 e. The summed E-state index contributed by atoms with van der Waals surface area (Å²) in [5, 5.41) is 6.34. The monoisotopic (exact) mass is 251 g/mol. The zero-order valence-electron chi connectivity index (χ0n) is 9.25. The predicted molar refractivity (Wildman–Crippen MR) is 73.6 cm³/mol. The molecule has 16 heavy (non-hydrogen) atoms. The summed E-state index contributed by atoms with van der Waals surface area (Å²) in [7, 11) is 1.93. The van der Waals surface area contributed by atoms with Crippen LogP contribution in [0.5, 0.6) is 0 Å². The topological polar surface area (TPSA) is 18.8 Å². The summed E-state index contributed by atoms with van der Waals surface area (Å²) in [5.74, 6) is 0. The van der Waals surface area contributed by atoms with E-state index in [0.717, 1.165) is 22.7 Å². The van der Waals surface area contributed by atoms with Crippen LogP contribution in [0.15, 0.2) is 35.4 Å². The molecule has 0 aliphatic carbocycles. The van der Waals surface area contributed by atoms with Crippen molar-refractivity contribution in [3.63, 3.8) is 0 Å². The Kier molecular flexibility index (Phi) is 3.58. The number of benzene rings is 1. The highest BCUT2D eigenvalue weighted by atomic mass is 32.2. The van der Waals surface area contributed by atoms with Crippen LogP contribution in [0.3, 0.4) is 0 Å². The summed E-state index contributed by atoms with van der Waals surface area (Å²) < 4.78 is 2.02. The van der Waals surface area contributed by atoms with E-state index in [1.165, 1.54) is 0 Å². The third kappa shape index (κ3) is 2.26. The minimum absolute atomic E-state index is 0.737. The van der Waals surface area contributed by atoms with Crippen molar-refractivity contribution < 1.29 is 0 Å². The first kappa shape index (κ1) is 11.6. The van der Waals surface area contributed by atoms with Gasteiger partial charge in [0.1, 0.15) is 5.71 Å². The second-order valence-corrected chi connectivity index (χ2v) is 4.70. The van der Waals surface area contributed by atoms with Crippen molar-refractivity contribution in [2.45, 2.75) is 0 Å². The second kappa shape index (κ2) is 4.95. The smallest absolute Gasteiger partial charge is 0.107 e. The quantitative estimate of drug-likeness (QED) is 0.592. The molecule has 0 radical (unpaired) electrons. The molecule has 1 aliphatic rings. The number of hydrazone groups is 1. The maximum absolute atomic E-state index is 5.39. The average molecular weight is 251 g/mol. The molecule has 0 amide bonds. The van der Waals surface area contributed by atoms with Gasteiger partial charge in [-0.25, -0.2) is 5.12 Å². The lowest BCUT2D eigenvalue weighted by atomic mass is 10.1. The highest BCUT2D eigenvalue weighted by Crippen LogP contribution is 2.17. The largest absolute Gasteiger partial charge is 0.219 e. The molecule has 3 nitrogen and oxygen atoms in total. The Hall–Kier alpha value is -0.910. The van der Waals surface area contributed by atoms with E-state index in [-0.39, 0.29) is 0 Å². The molecule has 84 valence electrons. The number of nitrogens with zero attached hydrogens (tertiary/aromatic N) is 3. The lowest BCUT2D eigenvalue weighted by Gasteiger charge is -2.32. The maximum atomic E-state index is 5.39. The lowest BCUT2D eigenvalue weighted by molar-refractivity contribution is 0.127. The van der Waals surface area contributed by atoms with Crippen molar-refractivity contribution >= 4 is 34.7 Å². The van der Waals surface area contributed by atoms with Gasteiger partial charge >= 0.3 is 0 Å². The van der Waals surface area contributed by atoms with Gasteiger partial charge in [0.25, 0.3) is 0 Å². The van der Waals surface area contributed by atoms with Gasteiger partial charge in [-0.05, 0) is 6.26 Å². The Morgan fingerprint density at radius 2 is 2.00 bits per heavy atom. The van der Waals surface area contributed by atoms with Crippen molar-refractivity contribution in [3.8, 4) is 0 Å². The molecule has 0 N–H and O–H groups in total. The number of rotatable bonds is 2. The van der Waals surface area contributed by atoms with Gasteiger partial charge in [-0.15, -0.1) is 4.41 Å². The van der Waals surface area contributed by atoms with Gasteiger partial charge in [-0.2, -0.15) is 5.10 Å². The molecule has 5 heteroatoms. The molecule has 1 aromatic carbocycles. The van der Waals surface area contributed by atoms with Gasteiger partial charge in [0.2, 0.25) is 0 Å². The number of hydrogen-bond donors (Lipinski definition) is 0. The Balaban J connectivity index is 2.32. The van der Waals surface area contributed by atoms with Crippen LogP contribution in [0.1, 0.15) is 5.56 Å². The van der Waals surface area contributed by atoms with Crippen LogP contribution in [0, 0.1) is 0 Å². The van der Waals surface area contributed by atoms with Crippen LogP contribution in [0.25, 0.3) is 0 Å². The molecule has 0 atom stereocenters. The zero-order valence-corrected chi connectivity index (χ0v) is 10.9. The first-order valence-corrected chi connectivity index (χ1v) is 6.54. The van der Waals surface area contributed by atoms with E-state index in [0.29, 0.717) is 0 Å². The van der Waals surface area contributed by atoms with E-state index in [1.54, 1.807) is 11.9 Å². The maximum Gasteiger partial charge on any atom is 0.107 e. The van der Waals surface area contributed by atoms with E-state index in [9.17, 15) is 0 Å². The molecule has 0 fully saturated rings. The number of thiocarbonyl (C=S) groups is 1. The molecule has 0 saturated carbocycles. The third-order valence-corrected chi connectivity index (χ3v) is 3.48. The SMILES string of the molecule is CSN1CC(=S)C(c2ccccc2)=NN1C. The lowest BCUT2D eigenvalue weighted by Crippen LogP contribution is -2.42. The molecule has 0 spiro atoms. The fourth-order valence-corrected chi connectivity index (χ4v) is 2.44. The van der Waals surface area contributed by atoms with Crippen molar-refractivity contribution in [1.29, 1.82) is 0 Å². The van der Waals surface area contributed by atoms with Gasteiger partial charge < -0.3 is 0 Å². The van der Waals surface area contributed by atoms with Gasteiger partial charge in [0.15, 0.2) is 0 Å². The summed E-state index contributed by atoms with van der Waals surface area (Å²) in [5.41, 5.74) is 1.99. The molecular formula is C11H13N3S2. The number of hydrogen-bond acceptors (Lipinski definition) is 5. The third-order valence-electron chi connectivity index (χ3n) is 2.37. The molecule has 2 rings (SSSR count). The average Bonchev–Trinajstić information content (AvgIpc) is 2.32. The molecule has 0 aromatic heterocycles. The van der Waals surface area contributed by atoms with Gasteiger partial charge in [0.05, 0.1) is 11.4 Å². The van der Waals surface area contributed by atoms with Crippen LogP contribution in [-0.2, 0) is 0 Å². The van der Waals surface area contributed by atoms with Crippen LogP contribution in [0.2, 0.25) is 0 Å². The predicted octanol–water partition coefficient (Wildman–Crippen LogP) is 2.20. The summed E-state index contributed by atoms with van der Waals surface area (Å²) in [4.78, 5) is 0.888. The molecule has 1 aromatic rings. The summed E-state index contributed by atoms with van der Waals surface area (Å²) in [6.45, 7) is 0.737. The van der Waals surface area contributed by atoms with Crippen molar-refractivity contribution in [2.24, 2.45) is 5.10 Å². The van der Waals surface area contributed by atoms with Crippen LogP contribution >= 0.6 is 24.2 Å². The van der Waals surface area contributed by atoms with E-state index in [1.807, 2.05) is 53.2 Å². The fourth-order valence-electron chi connectivity index (χ4n) is 1.55. The van der Waals surface area contributed by atoms with Crippen LogP contribution in [-0.4, -0.2) is 40.0 Å². The number of hydrazine groups is 1. The summed E-state index contributed by atoms with van der Waals surface area (Å²) in [6.07, 6.45) is 2.02. The normalized spacial score (nSPS) is 17.5. The highest BCUT2D eigenvalue weighted by Gasteiger charge is 2.22. The summed E-state index contributed by atoms with van der Waals surface area (Å²) >= 11 is 7.01. The Morgan fingerprint density at radius 3 is 2.62 bits per heavy atom. The van der Waals surface area contributed by atoms with Crippen LogP contribution < -0.4 is 0 Å². The Bertz CT molecular complexity index is 416. The van der Waals surface area contributed by atoms with Crippen molar-refractivity contribution in [3.05, 3.63) is 35.9 Å². The zero-order chi connectivity index (χ0) is 11.5. The Morgan fingerprint density at radius 1 is 1.31 bits per heavy atom. The molecule has 0 unspecified atom stereocenters. The molecule has 1 aliphatic heterocycles. The fraction of sp³-hybridized carbons (Fsp3) is 0.273. The van der Waals surface area contributed by atoms with E-state index in [4.69, 9.17) is 12.2 Å². The Labute approximate surface area is 105 Å². The minimum atomic E-state index is 0.737. The molecular weight excluding hydrogens is 238 g/mol. The molecule has 0 bridgehead atoms. The van der Waals surface area contributed by atoms with Crippen molar-refractivity contribution in [2.75, 3.05) is 19.8 Å².